The van der Waals surface area contributed by atoms with Gasteiger partial charge in [0.2, 0.25) is 5.91 Å². The molecule has 1 aromatic carbocycles. The van der Waals surface area contributed by atoms with Crippen LogP contribution in [0.4, 0.5) is 18.0 Å². The number of carbonyl (C=O) groups is 3. The molecule has 2 aromatic rings. The van der Waals surface area contributed by atoms with Crippen LogP contribution >= 0.6 is 0 Å². The van der Waals surface area contributed by atoms with Crippen LogP contribution in [0.2, 0.25) is 0 Å². The van der Waals surface area contributed by atoms with Gasteiger partial charge in [-0.2, -0.15) is 5.10 Å². The van der Waals surface area contributed by atoms with Gasteiger partial charge in [0.25, 0.3) is 12.3 Å². The Bertz CT molecular complexity index is 1200. The maximum absolute atomic E-state index is 13.5. The number of halogens is 3. The van der Waals surface area contributed by atoms with Gasteiger partial charge in [0, 0.05) is 43.9 Å². The average Bonchev–Trinajstić information content (AvgIpc) is 3.11. The van der Waals surface area contributed by atoms with Crippen LogP contribution < -0.4 is 10.1 Å². The minimum absolute atomic E-state index is 0.0197. The van der Waals surface area contributed by atoms with Gasteiger partial charge in [0.1, 0.15) is 36.2 Å². The first-order valence-electron chi connectivity index (χ1n) is 11.4. The van der Waals surface area contributed by atoms with Gasteiger partial charge in [-0.3, -0.25) is 14.6 Å². The molecule has 2 atom stereocenters. The summed E-state index contributed by atoms with van der Waals surface area (Å²) in [4.78, 5) is 43.7. The zero-order valence-electron chi connectivity index (χ0n) is 19.5. The molecule has 1 fully saturated rings. The third-order valence-corrected chi connectivity index (χ3v) is 6.16. The van der Waals surface area contributed by atoms with Crippen LogP contribution in [0.25, 0.3) is 0 Å². The van der Waals surface area contributed by atoms with Crippen molar-refractivity contribution in [3.05, 3.63) is 60.2 Å². The lowest BCUT2D eigenvalue weighted by atomic mass is 9.74. The first kappa shape index (κ1) is 25.9. The number of fused-ring (bicyclic) bond motifs is 1. The quantitative estimate of drug-likeness (QED) is 0.523. The molecule has 1 aromatic heterocycles. The molecular weight excluding hydrogens is 495 g/mol. The first-order valence-corrected chi connectivity index (χ1v) is 11.4. The van der Waals surface area contributed by atoms with Gasteiger partial charge in [-0.05, 0) is 24.3 Å². The molecule has 2 aliphatic rings. The molecule has 3 amide bonds. The number of carbonyl (C=O) groups excluding carboxylic acids is 2. The number of rotatable bonds is 9. The fourth-order valence-corrected chi connectivity index (χ4v) is 4.52. The van der Waals surface area contributed by atoms with E-state index in [-0.39, 0.29) is 31.7 Å². The number of ether oxygens (including phenoxy) is 1. The number of nitrogens with zero attached hydrogens (tertiary/aromatic N) is 4. The largest absolute Gasteiger partial charge is 0.491 e. The van der Waals surface area contributed by atoms with Gasteiger partial charge >= 0.3 is 6.09 Å². The number of piperidine rings is 1. The summed E-state index contributed by atoms with van der Waals surface area (Å²) in [6, 6.07) is 8.85. The Morgan fingerprint density at radius 2 is 2.03 bits per heavy atom. The lowest BCUT2D eigenvalue weighted by molar-refractivity contribution is -0.142. The molecule has 10 nitrogen and oxygen atoms in total. The first-order chi connectivity index (χ1) is 17.7. The second-order valence-corrected chi connectivity index (χ2v) is 8.69. The molecule has 0 aliphatic carbocycles. The van der Waals surface area contributed by atoms with E-state index in [9.17, 15) is 32.7 Å². The number of benzene rings is 1. The maximum atomic E-state index is 13.5. The molecule has 2 N–H and O–H groups in total. The van der Waals surface area contributed by atoms with Crippen molar-refractivity contribution in [1.29, 1.82) is 0 Å². The summed E-state index contributed by atoms with van der Waals surface area (Å²) in [5.74, 6) is -1.83. The van der Waals surface area contributed by atoms with Crippen LogP contribution in [0.15, 0.2) is 53.8 Å². The molecule has 0 radical (unpaired) electrons. The van der Waals surface area contributed by atoms with E-state index in [2.05, 4.69) is 15.4 Å². The minimum atomic E-state index is -2.80. The fourth-order valence-electron chi connectivity index (χ4n) is 4.52. The topological polar surface area (TPSA) is 124 Å². The van der Waals surface area contributed by atoms with Crippen molar-refractivity contribution in [2.45, 2.75) is 25.3 Å². The highest BCUT2D eigenvalue weighted by molar-refractivity contribution is 6.13. The van der Waals surface area contributed by atoms with E-state index >= 15 is 0 Å². The Kier molecular flexibility index (Phi) is 7.60. The standard InChI is InChI=1S/C24H24F3N5O5/c25-15-4-3-6-17(10-15)37-13-18(29-23(35)36)21(33)31-9-7-19-24(14-31,11-16-5-1-2-8-28-16)22(34)32(30-19)12-20(26)27/h1-6,8,10,18,20,29H,7,9,11-14H2,(H,35,36)/t18-,24-/m1/s1. The average molecular weight is 519 g/mol. The summed E-state index contributed by atoms with van der Waals surface area (Å²) >= 11 is 0. The van der Waals surface area contributed by atoms with Crippen molar-refractivity contribution in [2.75, 3.05) is 26.2 Å². The molecule has 0 bridgehead atoms. The summed E-state index contributed by atoms with van der Waals surface area (Å²) in [6.45, 7) is -1.46. The molecular formula is C24H24F3N5O5. The zero-order valence-corrected chi connectivity index (χ0v) is 19.5. The Balaban J connectivity index is 1.58. The van der Waals surface area contributed by atoms with Crippen molar-refractivity contribution in [1.82, 2.24) is 20.2 Å². The van der Waals surface area contributed by atoms with Gasteiger partial charge in [0.15, 0.2) is 0 Å². The number of nitrogens with one attached hydrogen (secondary N) is 1. The van der Waals surface area contributed by atoms with E-state index < -0.39 is 54.8 Å². The molecule has 2 aliphatic heterocycles. The van der Waals surface area contributed by atoms with Crippen LogP contribution in [-0.2, 0) is 16.0 Å². The molecule has 13 heteroatoms. The van der Waals surface area contributed by atoms with Gasteiger partial charge < -0.3 is 20.1 Å². The Labute approximate surface area is 209 Å². The fraction of sp³-hybridized carbons (Fsp3) is 0.375. The third-order valence-electron chi connectivity index (χ3n) is 6.16. The normalized spacial score (nSPS) is 19.9. The number of alkyl halides is 2. The second kappa shape index (κ2) is 10.8. The van der Waals surface area contributed by atoms with E-state index in [1.165, 1.54) is 29.3 Å². The van der Waals surface area contributed by atoms with Crippen LogP contribution in [0, 0.1) is 11.2 Å². The van der Waals surface area contributed by atoms with Crippen LogP contribution in [-0.4, -0.2) is 82.3 Å². The summed E-state index contributed by atoms with van der Waals surface area (Å²) in [6.07, 6.45) is -2.62. The smallest absolute Gasteiger partial charge is 0.405 e. The Morgan fingerprint density at radius 1 is 1.22 bits per heavy atom. The van der Waals surface area contributed by atoms with Gasteiger partial charge in [-0.15, -0.1) is 0 Å². The number of hydrazone groups is 1. The van der Waals surface area contributed by atoms with Crippen LogP contribution in [0.3, 0.4) is 0 Å². The van der Waals surface area contributed by atoms with E-state index in [1.807, 2.05) is 0 Å². The minimum Gasteiger partial charge on any atom is -0.491 e. The molecule has 1 saturated heterocycles. The predicted molar refractivity (Wildman–Crippen MR) is 124 cm³/mol. The highest BCUT2D eigenvalue weighted by atomic mass is 19.3. The molecule has 0 saturated carbocycles. The predicted octanol–water partition coefficient (Wildman–Crippen LogP) is 2.16. The maximum Gasteiger partial charge on any atom is 0.405 e. The summed E-state index contributed by atoms with van der Waals surface area (Å²) in [7, 11) is 0. The van der Waals surface area contributed by atoms with Crippen molar-refractivity contribution < 1.29 is 37.4 Å². The highest BCUT2D eigenvalue weighted by Gasteiger charge is 2.55. The number of hydrogen-bond donors (Lipinski definition) is 2. The number of aromatic nitrogens is 1. The summed E-state index contributed by atoms with van der Waals surface area (Å²) < 4.78 is 45.2. The molecule has 3 heterocycles. The zero-order chi connectivity index (χ0) is 26.6. The third kappa shape index (κ3) is 5.81. The molecule has 4 rings (SSSR count). The highest BCUT2D eigenvalue weighted by Crippen LogP contribution is 2.38. The monoisotopic (exact) mass is 519 g/mol. The molecule has 0 unspecified atom stereocenters. The SMILES string of the molecule is O=C(O)N[C@H](COc1cccc(F)c1)C(=O)N1CCC2=NN(CC(F)F)C(=O)[C@]2(Cc2ccccn2)C1. The van der Waals surface area contributed by atoms with E-state index in [0.29, 0.717) is 11.4 Å². The van der Waals surface area contributed by atoms with E-state index in [0.717, 1.165) is 11.1 Å². The van der Waals surface area contributed by atoms with Crippen molar-refractivity contribution in [3.63, 3.8) is 0 Å². The van der Waals surface area contributed by atoms with Crippen molar-refractivity contribution >= 4 is 23.6 Å². The number of carboxylic acid groups (broad SMARTS) is 1. The lowest BCUT2D eigenvalue weighted by Gasteiger charge is -2.40. The Morgan fingerprint density at radius 3 is 2.70 bits per heavy atom. The lowest BCUT2D eigenvalue weighted by Crippen LogP contribution is -2.60. The molecule has 0 spiro atoms. The van der Waals surface area contributed by atoms with Crippen molar-refractivity contribution in [2.24, 2.45) is 10.5 Å². The van der Waals surface area contributed by atoms with Gasteiger partial charge in [-0.25, -0.2) is 23.0 Å². The van der Waals surface area contributed by atoms with Crippen LogP contribution in [0.5, 0.6) is 5.75 Å². The van der Waals surface area contributed by atoms with Gasteiger partial charge in [-0.1, -0.05) is 12.1 Å². The van der Waals surface area contributed by atoms with Crippen LogP contribution in [0.1, 0.15) is 12.1 Å². The Hall–Kier alpha value is -4.16. The second-order valence-electron chi connectivity index (χ2n) is 8.69. The molecule has 196 valence electrons. The number of pyridine rings is 1. The number of likely N-dealkylation sites (tertiary alicyclic amines) is 1. The van der Waals surface area contributed by atoms with E-state index in [1.54, 1.807) is 18.2 Å². The summed E-state index contributed by atoms with van der Waals surface area (Å²) in [5.41, 5.74) is -0.549. The molecule has 37 heavy (non-hydrogen) atoms. The summed E-state index contributed by atoms with van der Waals surface area (Å²) in [5, 5.41) is 16.3. The number of hydrogen-bond acceptors (Lipinski definition) is 6. The van der Waals surface area contributed by atoms with E-state index in [4.69, 9.17) is 4.74 Å². The van der Waals surface area contributed by atoms with Crippen molar-refractivity contribution in [3.8, 4) is 5.75 Å². The van der Waals surface area contributed by atoms with Gasteiger partial charge in [0.05, 0.1) is 5.71 Å². The number of amides is 3.